The molecule has 1 aromatic carbocycles. The van der Waals surface area contributed by atoms with Crippen LogP contribution in [0.2, 0.25) is 0 Å². The van der Waals surface area contributed by atoms with E-state index in [9.17, 15) is 20.0 Å². The maximum Gasteiger partial charge on any atom is 0.334 e. The number of allylic oxidation sites excluding steroid dienone is 3. The van der Waals surface area contributed by atoms with Crippen molar-refractivity contribution in [3.05, 3.63) is 61.8 Å². The van der Waals surface area contributed by atoms with Crippen molar-refractivity contribution in [3.63, 3.8) is 0 Å². The number of hydrogen-bond donors (Lipinski definition) is 2. The van der Waals surface area contributed by atoms with Crippen molar-refractivity contribution in [2.75, 3.05) is 0 Å². The second kappa shape index (κ2) is 7.09. The number of non-ortho nitro benzene ring substituents is 1. The fraction of sp³-hybridized carbons (Fsp3) is 0.353. The van der Waals surface area contributed by atoms with E-state index in [2.05, 4.69) is 5.32 Å². The number of rotatable bonds is 5. The number of hydrogen-bond acceptors (Lipinski definition) is 5. The van der Waals surface area contributed by atoms with Gasteiger partial charge >= 0.3 is 5.97 Å². The van der Waals surface area contributed by atoms with E-state index in [0.29, 0.717) is 11.3 Å². The van der Waals surface area contributed by atoms with Crippen LogP contribution in [0.3, 0.4) is 0 Å². The molecule has 1 heterocycles. The van der Waals surface area contributed by atoms with Gasteiger partial charge in [0.25, 0.3) is 5.69 Å². The van der Waals surface area contributed by atoms with Crippen LogP contribution in [0.4, 0.5) is 5.69 Å². The second-order valence-electron chi connectivity index (χ2n) is 5.91. The maximum atomic E-state index is 11.8. The van der Waals surface area contributed by atoms with Crippen LogP contribution in [-0.4, -0.2) is 21.2 Å². The number of thioether (sulfide) groups is 1. The normalized spacial score (nSPS) is 18.0. The van der Waals surface area contributed by atoms with E-state index in [-0.39, 0.29) is 16.5 Å². The quantitative estimate of drug-likeness (QED) is 0.617. The number of aliphatic carboxylic acids is 1. The molecule has 0 bridgehead atoms. The van der Waals surface area contributed by atoms with Crippen LogP contribution in [0.25, 0.3) is 0 Å². The molecule has 2 rings (SSSR count). The van der Waals surface area contributed by atoms with Crippen LogP contribution < -0.4 is 5.32 Å². The van der Waals surface area contributed by atoms with Crippen LogP contribution in [0, 0.1) is 10.1 Å². The van der Waals surface area contributed by atoms with Crippen LogP contribution in [0.1, 0.15) is 39.2 Å². The average Bonchev–Trinajstić information content (AvgIpc) is 2.48. The lowest BCUT2D eigenvalue weighted by atomic mass is 9.86. The maximum absolute atomic E-state index is 11.8. The van der Waals surface area contributed by atoms with Crippen molar-refractivity contribution in [1.82, 2.24) is 5.32 Å². The standard InChI is InChI=1S/C17H20N2O4S/c1-9(2)24-16-11(4)18-10(3)14(17(20)21)15(16)12-6-5-7-13(8-12)19(22)23/h5-9,15,18H,1-4H3,(H,20,21). The first-order valence-electron chi connectivity index (χ1n) is 7.55. The zero-order chi connectivity index (χ0) is 18.0. The van der Waals surface area contributed by atoms with Gasteiger partial charge in [-0.3, -0.25) is 10.1 Å². The Bertz CT molecular complexity index is 753. The molecule has 24 heavy (non-hydrogen) atoms. The van der Waals surface area contributed by atoms with E-state index < -0.39 is 16.8 Å². The summed E-state index contributed by atoms with van der Waals surface area (Å²) in [7, 11) is 0. The fourth-order valence-corrected chi connectivity index (χ4v) is 3.93. The van der Waals surface area contributed by atoms with Gasteiger partial charge in [0.2, 0.25) is 0 Å². The van der Waals surface area contributed by atoms with Gasteiger partial charge in [0.1, 0.15) is 0 Å². The lowest BCUT2D eigenvalue weighted by Crippen LogP contribution is -2.27. The Labute approximate surface area is 144 Å². The van der Waals surface area contributed by atoms with E-state index >= 15 is 0 Å². The van der Waals surface area contributed by atoms with Crippen LogP contribution in [0.15, 0.2) is 46.1 Å². The zero-order valence-electron chi connectivity index (χ0n) is 14.0. The SMILES string of the molecule is CC1=C(SC(C)C)C(c2cccc([N+](=O)[O-])c2)C(C(=O)O)=C(C)N1. The first kappa shape index (κ1) is 18.1. The van der Waals surface area contributed by atoms with Gasteiger partial charge < -0.3 is 10.4 Å². The highest BCUT2D eigenvalue weighted by atomic mass is 32.2. The zero-order valence-corrected chi connectivity index (χ0v) is 14.8. The third-order valence-corrected chi connectivity index (χ3v) is 4.97. The Morgan fingerprint density at radius 2 is 2.00 bits per heavy atom. The first-order chi connectivity index (χ1) is 11.2. The highest BCUT2D eigenvalue weighted by molar-refractivity contribution is 8.03. The van der Waals surface area contributed by atoms with Gasteiger partial charge in [-0.05, 0) is 19.4 Å². The molecule has 0 aliphatic carbocycles. The molecule has 0 saturated carbocycles. The number of nitro groups is 1. The highest BCUT2D eigenvalue weighted by Gasteiger charge is 2.34. The summed E-state index contributed by atoms with van der Waals surface area (Å²) in [6.07, 6.45) is 0. The van der Waals surface area contributed by atoms with Gasteiger partial charge in [0, 0.05) is 33.7 Å². The lowest BCUT2D eigenvalue weighted by Gasteiger charge is -2.31. The molecule has 1 aromatic rings. The molecule has 0 saturated heterocycles. The minimum atomic E-state index is -1.02. The van der Waals surface area contributed by atoms with Crippen LogP contribution in [0.5, 0.6) is 0 Å². The second-order valence-corrected chi connectivity index (χ2v) is 7.53. The van der Waals surface area contributed by atoms with Gasteiger partial charge in [-0.1, -0.05) is 26.0 Å². The molecular formula is C17H20N2O4S. The summed E-state index contributed by atoms with van der Waals surface area (Å²) in [6, 6.07) is 6.21. The Kier molecular flexibility index (Phi) is 5.33. The minimum absolute atomic E-state index is 0.0417. The van der Waals surface area contributed by atoms with Gasteiger partial charge in [-0.25, -0.2) is 4.79 Å². The number of carboxylic acids is 1. The number of carboxylic acid groups (broad SMARTS) is 1. The molecule has 7 heteroatoms. The molecule has 0 radical (unpaired) electrons. The van der Waals surface area contributed by atoms with E-state index in [1.54, 1.807) is 30.8 Å². The highest BCUT2D eigenvalue weighted by Crippen LogP contribution is 2.45. The van der Waals surface area contributed by atoms with Crippen molar-refractivity contribution in [3.8, 4) is 0 Å². The summed E-state index contributed by atoms with van der Waals surface area (Å²) in [5, 5.41) is 24.2. The number of dihydropyridines is 1. The van der Waals surface area contributed by atoms with Gasteiger partial charge in [0.15, 0.2) is 0 Å². The number of carbonyl (C=O) groups is 1. The van der Waals surface area contributed by atoms with Gasteiger partial charge in [-0.2, -0.15) is 0 Å². The van der Waals surface area contributed by atoms with Crippen molar-refractivity contribution in [1.29, 1.82) is 0 Å². The molecule has 1 aliphatic rings. The van der Waals surface area contributed by atoms with E-state index in [1.807, 2.05) is 20.8 Å². The van der Waals surface area contributed by atoms with Crippen molar-refractivity contribution in [2.45, 2.75) is 38.9 Å². The van der Waals surface area contributed by atoms with Crippen LogP contribution >= 0.6 is 11.8 Å². The van der Waals surface area contributed by atoms with E-state index in [0.717, 1.165) is 10.6 Å². The summed E-state index contributed by atoms with van der Waals surface area (Å²) >= 11 is 1.57. The molecule has 0 amide bonds. The first-order valence-corrected chi connectivity index (χ1v) is 8.43. The molecule has 6 nitrogen and oxygen atoms in total. The summed E-state index contributed by atoms with van der Waals surface area (Å²) in [6.45, 7) is 7.67. The molecule has 1 aliphatic heterocycles. The summed E-state index contributed by atoms with van der Waals surface area (Å²) in [5.74, 6) is -1.54. The molecule has 0 aromatic heterocycles. The molecular weight excluding hydrogens is 328 g/mol. The molecule has 0 spiro atoms. The largest absolute Gasteiger partial charge is 0.478 e. The monoisotopic (exact) mass is 348 g/mol. The van der Waals surface area contributed by atoms with E-state index in [1.165, 1.54) is 12.1 Å². The third-order valence-electron chi connectivity index (χ3n) is 3.71. The van der Waals surface area contributed by atoms with Gasteiger partial charge in [0.05, 0.1) is 16.4 Å². The minimum Gasteiger partial charge on any atom is -0.478 e. The molecule has 128 valence electrons. The number of nitrogens with one attached hydrogen (secondary N) is 1. The third kappa shape index (κ3) is 3.62. The number of nitro benzene ring substituents is 1. The van der Waals surface area contributed by atoms with Crippen LogP contribution in [-0.2, 0) is 4.79 Å². The van der Waals surface area contributed by atoms with Crippen molar-refractivity contribution < 1.29 is 14.8 Å². The van der Waals surface area contributed by atoms with E-state index in [4.69, 9.17) is 0 Å². The lowest BCUT2D eigenvalue weighted by molar-refractivity contribution is -0.384. The number of nitrogens with zero attached hydrogens (tertiary/aromatic N) is 1. The average molecular weight is 348 g/mol. The Morgan fingerprint density at radius 1 is 1.33 bits per heavy atom. The van der Waals surface area contributed by atoms with Crippen molar-refractivity contribution >= 4 is 23.4 Å². The smallest absolute Gasteiger partial charge is 0.334 e. The molecule has 2 N–H and O–H groups in total. The molecule has 1 atom stereocenters. The summed E-state index contributed by atoms with van der Waals surface area (Å²) < 4.78 is 0. The summed E-state index contributed by atoms with van der Waals surface area (Å²) in [4.78, 5) is 23.3. The predicted molar refractivity (Wildman–Crippen MR) is 94.7 cm³/mol. The Hall–Kier alpha value is -2.28. The molecule has 1 unspecified atom stereocenters. The predicted octanol–water partition coefficient (Wildman–Crippen LogP) is 4.01. The fourth-order valence-electron chi connectivity index (χ4n) is 2.80. The Balaban J connectivity index is 2.65. The van der Waals surface area contributed by atoms with Gasteiger partial charge in [-0.15, -0.1) is 11.8 Å². The topological polar surface area (TPSA) is 92.5 Å². The van der Waals surface area contributed by atoms with Crippen molar-refractivity contribution in [2.24, 2.45) is 0 Å². The number of benzene rings is 1. The summed E-state index contributed by atoms with van der Waals surface area (Å²) in [5.41, 5.74) is 2.24. The Morgan fingerprint density at radius 3 is 2.54 bits per heavy atom. The molecule has 0 fully saturated rings.